The minimum absolute atomic E-state index is 0.0597. The first-order chi connectivity index (χ1) is 14.6. The molecule has 0 saturated carbocycles. The largest absolute Gasteiger partial charge is 0.469 e. The number of thiophene rings is 1. The first-order valence-electron chi connectivity index (χ1n) is 10.0. The smallest absolute Gasteiger partial charge is 0.257 e. The van der Waals surface area contributed by atoms with E-state index in [1.807, 2.05) is 43.3 Å². The van der Waals surface area contributed by atoms with Crippen LogP contribution in [0, 0.1) is 6.92 Å². The lowest BCUT2D eigenvalue weighted by Crippen LogP contribution is -2.41. The Balaban J connectivity index is 1.61. The van der Waals surface area contributed by atoms with Gasteiger partial charge >= 0.3 is 0 Å². The predicted octanol–water partition coefficient (Wildman–Crippen LogP) is 4.36. The molecule has 1 saturated heterocycles. The van der Waals surface area contributed by atoms with Crippen molar-refractivity contribution in [1.29, 1.82) is 0 Å². The summed E-state index contributed by atoms with van der Waals surface area (Å²) in [6, 6.07) is 13.6. The number of anilines is 1. The number of benzene rings is 1. The highest BCUT2D eigenvalue weighted by Crippen LogP contribution is 2.40. The Kier molecular flexibility index (Phi) is 6.30. The molecule has 1 aliphatic heterocycles. The van der Waals surface area contributed by atoms with E-state index in [-0.39, 0.29) is 18.2 Å². The number of carbonyl (C=O) groups is 2. The van der Waals surface area contributed by atoms with E-state index in [1.54, 1.807) is 17.2 Å². The van der Waals surface area contributed by atoms with Crippen LogP contribution in [-0.2, 0) is 16.0 Å². The molecule has 3 heterocycles. The number of furan rings is 1. The van der Waals surface area contributed by atoms with Crippen LogP contribution in [0.2, 0.25) is 0 Å². The van der Waals surface area contributed by atoms with Gasteiger partial charge in [-0.1, -0.05) is 30.3 Å². The monoisotopic (exact) mass is 424 g/mol. The molecule has 6 nitrogen and oxygen atoms in total. The molecule has 1 N–H and O–H groups in total. The van der Waals surface area contributed by atoms with Gasteiger partial charge < -0.3 is 19.4 Å². The molecule has 4 rings (SSSR count). The molecular formula is C23H24N2O4S. The summed E-state index contributed by atoms with van der Waals surface area (Å²) < 4.78 is 10.7. The van der Waals surface area contributed by atoms with Crippen LogP contribution >= 0.6 is 11.3 Å². The second-order valence-electron chi connectivity index (χ2n) is 7.16. The van der Waals surface area contributed by atoms with Crippen LogP contribution < -0.4 is 5.32 Å². The Morgan fingerprint density at radius 2 is 1.87 bits per heavy atom. The van der Waals surface area contributed by atoms with Gasteiger partial charge in [-0.05, 0) is 30.2 Å². The van der Waals surface area contributed by atoms with E-state index in [0.29, 0.717) is 43.3 Å². The number of hydrogen-bond acceptors (Lipinski definition) is 5. The highest BCUT2D eigenvalue weighted by molar-refractivity contribution is 7.20. The zero-order valence-electron chi connectivity index (χ0n) is 16.8. The van der Waals surface area contributed by atoms with Crippen LogP contribution in [0.3, 0.4) is 0 Å². The molecular weight excluding hydrogens is 400 g/mol. The molecule has 7 heteroatoms. The molecule has 156 valence electrons. The fourth-order valence-electron chi connectivity index (χ4n) is 3.53. The van der Waals surface area contributed by atoms with Crippen molar-refractivity contribution in [2.24, 2.45) is 0 Å². The second-order valence-corrected chi connectivity index (χ2v) is 8.18. The van der Waals surface area contributed by atoms with E-state index in [1.165, 1.54) is 11.3 Å². The number of carbonyl (C=O) groups excluding carboxylic acids is 2. The minimum Gasteiger partial charge on any atom is -0.469 e. The van der Waals surface area contributed by atoms with Gasteiger partial charge in [-0.3, -0.25) is 9.59 Å². The number of morpholine rings is 1. The molecule has 2 amide bonds. The fraction of sp³-hybridized carbons (Fsp3) is 0.304. The van der Waals surface area contributed by atoms with E-state index >= 15 is 0 Å². The van der Waals surface area contributed by atoms with Gasteiger partial charge in [-0.15, -0.1) is 11.3 Å². The fourth-order valence-corrected chi connectivity index (χ4v) is 4.75. The number of amides is 2. The van der Waals surface area contributed by atoms with Crippen molar-refractivity contribution in [3.05, 3.63) is 65.6 Å². The summed E-state index contributed by atoms with van der Waals surface area (Å²) in [7, 11) is 0. The van der Waals surface area contributed by atoms with Crippen LogP contribution in [0.1, 0.15) is 28.1 Å². The van der Waals surface area contributed by atoms with Crippen molar-refractivity contribution >= 4 is 28.2 Å². The lowest BCUT2D eigenvalue weighted by atomic mass is 10.1. The van der Waals surface area contributed by atoms with Gasteiger partial charge in [0.25, 0.3) is 5.91 Å². The van der Waals surface area contributed by atoms with Crippen LogP contribution in [0.5, 0.6) is 0 Å². The number of aryl methyl sites for hydroxylation is 1. The van der Waals surface area contributed by atoms with Gasteiger partial charge in [0, 0.05) is 30.8 Å². The van der Waals surface area contributed by atoms with Gasteiger partial charge in [0.15, 0.2) is 0 Å². The average molecular weight is 425 g/mol. The molecule has 30 heavy (non-hydrogen) atoms. The first kappa shape index (κ1) is 20.4. The number of rotatable bonds is 6. The van der Waals surface area contributed by atoms with Gasteiger partial charge in [0.1, 0.15) is 10.8 Å². The Morgan fingerprint density at radius 3 is 2.57 bits per heavy atom. The standard InChI is InChI=1S/C23H24N2O4S/c1-16-20(23(27)25-11-14-28-15-12-25)22(30-21(16)17-6-3-2-4-7-17)24-19(26)10-9-18-8-5-13-29-18/h2-8,13H,9-12,14-15H2,1H3,(H,24,26). The van der Waals surface area contributed by atoms with Gasteiger partial charge in [0.05, 0.1) is 25.0 Å². The summed E-state index contributed by atoms with van der Waals surface area (Å²) in [5.41, 5.74) is 2.50. The molecule has 0 unspecified atom stereocenters. The van der Waals surface area contributed by atoms with Crippen molar-refractivity contribution in [1.82, 2.24) is 4.90 Å². The topological polar surface area (TPSA) is 71.8 Å². The average Bonchev–Trinajstić information content (AvgIpc) is 3.41. The predicted molar refractivity (Wildman–Crippen MR) is 117 cm³/mol. The molecule has 1 aromatic carbocycles. The summed E-state index contributed by atoms with van der Waals surface area (Å²) in [4.78, 5) is 28.7. The van der Waals surface area contributed by atoms with Crippen molar-refractivity contribution in [3.8, 4) is 10.4 Å². The number of nitrogens with zero attached hydrogens (tertiary/aromatic N) is 1. The van der Waals surface area contributed by atoms with Crippen LogP contribution in [0.4, 0.5) is 5.00 Å². The maximum atomic E-state index is 13.3. The summed E-state index contributed by atoms with van der Waals surface area (Å²) in [6.45, 7) is 4.13. The Labute approximate surface area is 179 Å². The third-order valence-electron chi connectivity index (χ3n) is 5.13. The summed E-state index contributed by atoms with van der Waals surface area (Å²) in [5.74, 6) is 0.570. The molecule has 3 aromatic rings. The van der Waals surface area contributed by atoms with Gasteiger partial charge in [-0.2, -0.15) is 0 Å². The molecule has 0 atom stereocenters. The zero-order chi connectivity index (χ0) is 20.9. The number of ether oxygens (including phenoxy) is 1. The van der Waals surface area contributed by atoms with E-state index in [0.717, 1.165) is 21.8 Å². The second kappa shape index (κ2) is 9.28. The lowest BCUT2D eigenvalue weighted by Gasteiger charge is -2.27. The quantitative estimate of drug-likeness (QED) is 0.638. The van der Waals surface area contributed by atoms with E-state index < -0.39 is 0 Å². The van der Waals surface area contributed by atoms with Crippen molar-refractivity contribution in [3.63, 3.8) is 0 Å². The van der Waals surface area contributed by atoms with Crippen molar-refractivity contribution in [2.45, 2.75) is 19.8 Å². The van der Waals surface area contributed by atoms with E-state index in [2.05, 4.69) is 5.32 Å². The molecule has 0 bridgehead atoms. The molecule has 2 aromatic heterocycles. The first-order valence-corrected chi connectivity index (χ1v) is 10.8. The lowest BCUT2D eigenvalue weighted by molar-refractivity contribution is -0.116. The van der Waals surface area contributed by atoms with E-state index in [9.17, 15) is 9.59 Å². The van der Waals surface area contributed by atoms with Crippen LogP contribution in [0.25, 0.3) is 10.4 Å². The van der Waals surface area contributed by atoms with Crippen LogP contribution in [0.15, 0.2) is 53.1 Å². The third-order valence-corrected chi connectivity index (χ3v) is 6.38. The van der Waals surface area contributed by atoms with Crippen LogP contribution in [-0.4, -0.2) is 43.0 Å². The zero-order valence-corrected chi connectivity index (χ0v) is 17.7. The molecule has 0 aliphatic carbocycles. The Bertz CT molecular complexity index is 1010. The molecule has 1 fully saturated rings. The molecule has 0 radical (unpaired) electrons. The molecule has 1 aliphatic rings. The third kappa shape index (κ3) is 4.47. The summed E-state index contributed by atoms with van der Waals surface area (Å²) in [5, 5.41) is 3.59. The Hall–Kier alpha value is -2.90. The van der Waals surface area contributed by atoms with Crippen molar-refractivity contribution < 1.29 is 18.7 Å². The van der Waals surface area contributed by atoms with Crippen molar-refractivity contribution in [2.75, 3.05) is 31.6 Å². The SMILES string of the molecule is Cc1c(-c2ccccc2)sc(NC(=O)CCc2ccco2)c1C(=O)N1CCOCC1. The van der Waals surface area contributed by atoms with Gasteiger partial charge in [-0.25, -0.2) is 0 Å². The highest BCUT2D eigenvalue weighted by Gasteiger charge is 2.27. The normalized spacial score (nSPS) is 14.0. The molecule has 0 spiro atoms. The number of nitrogens with one attached hydrogen (secondary N) is 1. The van der Waals surface area contributed by atoms with Gasteiger partial charge in [0.2, 0.25) is 5.91 Å². The van der Waals surface area contributed by atoms with E-state index in [4.69, 9.17) is 9.15 Å². The summed E-state index contributed by atoms with van der Waals surface area (Å²) in [6.07, 6.45) is 2.40. The maximum absolute atomic E-state index is 13.3. The Morgan fingerprint density at radius 1 is 1.10 bits per heavy atom. The minimum atomic E-state index is -0.136. The maximum Gasteiger partial charge on any atom is 0.257 e. The number of hydrogen-bond donors (Lipinski definition) is 1. The summed E-state index contributed by atoms with van der Waals surface area (Å²) >= 11 is 1.45. The highest BCUT2D eigenvalue weighted by atomic mass is 32.1.